The van der Waals surface area contributed by atoms with Crippen LogP contribution in [0.4, 0.5) is 14.5 Å². The van der Waals surface area contributed by atoms with Gasteiger partial charge in [0, 0.05) is 56.3 Å². The molecule has 0 saturated carbocycles. The van der Waals surface area contributed by atoms with E-state index in [-0.39, 0.29) is 47.1 Å². The van der Waals surface area contributed by atoms with Gasteiger partial charge in [-0.3, -0.25) is 19.1 Å². The number of alkyl halides is 1. The maximum absolute atomic E-state index is 16.0. The molecule has 1 N–H and O–H groups in total. The Bertz CT molecular complexity index is 2310. The number of hydrogen-bond donors (Lipinski definition) is 1. The second-order valence-corrected chi connectivity index (χ2v) is 14.8. The monoisotopic (exact) mass is 715 g/mol. The highest BCUT2D eigenvalue weighted by atomic mass is 32.2. The fourth-order valence-electron chi connectivity index (χ4n) is 6.12. The van der Waals surface area contributed by atoms with E-state index >= 15 is 4.39 Å². The van der Waals surface area contributed by atoms with E-state index in [0.29, 0.717) is 27.9 Å². The van der Waals surface area contributed by atoms with Crippen LogP contribution in [0.3, 0.4) is 0 Å². The van der Waals surface area contributed by atoms with Crippen LogP contribution < -0.4 is 5.32 Å². The Hall–Kier alpha value is -5.41. The molecule has 1 fully saturated rings. The lowest BCUT2D eigenvalue weighted by Crippen LogP contribution is -2.44. The number of halogens is 2. The molecule has 0 bridgehead atoms. The Morgan fingerprint density at radius 2 is 1.71 bits per heavy atom. The number of hydrogen-bond acceptors (Lipinski definition) is 8. The number of carbonyl (C=O) groups excluding carboxylic acids is 3. The van der Waals surface area contributed by atoms with E-state index < -0.39 is 39.9 Å². The Morgan fingerprint density at radius 3 is 2.39 bits per heavy atom. The van der Waals surface area contributed by atoms with Crippen LogP contribution >= 0.6 is 0 Å². The number of rotatable bonds is 9. The maximum atomic E-state index is 16.0. The summed E-state index contributed by atoms with van der Waals surface area (Å²) in [6.45, 7) is 4.09. The number of anilines is 1. The van der Waals surface area contributed by atoms with E-state index in [1.54, 1.807) is 50.5 Å². The summed E-state index contributed by atoms with van der Waals surface area (Å²) in [7, 11) is -1.02. The summed E-state index contributed by atoms with van der Waals surface area (Å²) < 4.78 is 58.7. The number of amides is 2. The highest BCUT2D eigenvalue weighted by Gasteiger charge is 2.40. The van der Waals surface area contributed by atoms with Crippen LogP contribution in [0, 0.1) is 19.7 Å². The topological polar surface area (TPSA) is 147 Å². The zero-order chi connectivity index (χ0) is 36.8. The van der Waals surface area contributed by atoms with Gasteiger partial charge < -0.3 is 10.2 Å². The Labute approximate surface area is 293 Å². The quantitative estimate of drug-likeness (QED) is 0.211. The van der Waals surface area contributed by atoms with E-state index in [1.165, 1.54) is 56.0 Å². The second kappa shape index (κ2) is 13.7. The van der Waals surface area contributed by atoms with Crippen LogP contribution in [0.15, 0.2) is 71.9 Å². The molecule has 0 spiro atoms. The standard InChI is InChI=1S/C36H35F2N7O5S/c1-20-9-11-26(51(49,50)43(4)5)15-28(20)27-7-6-8-30(34(27)38)41-36(48)32-14-25(37)18-44(32)33(47)19-45-31-12-10-23(24-16-39-22(3)40-17-24)13-29(31)35(42-45)21(2)46/h6-13,15-17,25,32H,14,18-19H2,1-5H3,(H,41,48)/t25-,32+/m1/s1. The van der Waals surface area contributed by atoms with Crippen LogP contribution in [-0.4, -0.2) is 87.8 Å². The first-order valence-corrected chi connectivity index (χ1v) is 17.5. The molecule has 15 heteroatoms. The average Bonchev–Trinajstić information content (AvgIpc) is 3.66. The average molecular weight is 716 g/mol. The molecule has 1 aliphatic rings. The largest absolute Gasteiger partial charge is 0.326 e. The summed E-state index contributed by atoms with van der Waals surface area (Å²) in [5, 5.41) is 7.41. The summed E-state index contributed by atoms with van der Waals surface area (Å²) in [4.78, 5) is 49.3. The Morgan fingerprint density at radius 1 is 0.980 bits per heavy atom. The summed E-state index contributed by atoms with van der Waals surface area (Å²) >= 11 is 0. The van der Waals surface area contributed by atoms with Crippen molar-refractivity contribution in [3.8, 4) is 22.3 Å². The minimum absolute atomic E-state index is 0.0299. The summed E-state index contributed by atoms with van der Waals surface area (Å²) in [5.74, 6) is -1.95. The number of likely N-dealkylation sites (tertiary alicyclic amines) is 1. The van der Waals surface area contributed by atoms with Gasteiger partial charge in [0.25, 0.3) is 0 Å². The molecule has 2 amide bonds. The normalized spacial score (nSPS) is 16.2. The van der Waals surface area contributed by atoms with Gasteiger partial charge in [-0.05, 0) is 60.9 Å². The number of aromatic nitrogens is 4. The highest BCUT2D eigenvalue weighted by Crippen LogP contribution is 2.33. The van der Waals surface area contributed by atoms with E-state index in [4.69, 9.17) is 0 Å². The van der Waals surface area contributed by atoms with Crippen molar-refractivity contribution in [1.82, 2.24) is 29.0 Å². The smallest absolute Gasteiger partial charge is 0.247 e. The van der Waals surface area contributed by atoms with Crippen LogP contribution in [0.25, 0.3) is 33.2 Å². The van der Waals surface area contributed by atoms with Gasteiger partial charge in [0.15, 0.2) is 11.6 Å². The first-order valence-electron chi connectivity index (χ1n) is 16.0. The molecule has 0 radical (unpaired) electrons. The van der Waals surface area contributed by atoms with Gasteiger partial charge in [0.2, 0.25) is 21.8 Å². The zero-order valence-electron chi connectivity index (χ0n) is 28.5. The van der Waals surface area contributed by atoms with Crippen molar-refractivity contribution in [1.29, 1.82) is 0 Å². The molecule has 1 saturated heterocycles. The molecule has 12 nitrogen and oxygen atoms in total. The number of carbonyl (C=O) groups is 3. The fourth-order valence-corrected chi connectivity index (χ4v) is 7.05. The zero-order valence-corrected chi connectivity index (χ0v) is 29.3. The first kappa shape index (κ1) is 35.4. The van der Waals surface area contributed by atoms with E-state index in [9.17, 15) is 27.2 Å². The lowest BCUT2D eigenvalue weighted by atomic mass is 9.99. The van der Waals surface area contributed by atoms with Gasteiger partial charge in [0.05, 0.1) is 22.6 Å². The SMILES string of the molecule is CC(=O)c1nn(CC(=O)N2C[C@H](F)C[C@H]2C(=O)Nc2cccc(-c3cc(S(=O)(=O)N(C)C)ccc3C)c2F)c2ccc(-c3cnc(C)nc3)cc12. The fraction of sp³-hybridized carbons (Fsp3) is 0.278. The number of sulfonamides is 1. The van der Waals surface area contributed by atoms with Gasteiger partial charge in [-0.25, -0.2) is 31.5 Å². The lowest BCUT2D eigenvalue weighted by Gasteiger charge is -2.24. The molecular weight excluding hydrogens is 681 g/mol. The Balaban J connectivity index is 1.25. The molecule has 264 valence electrons. The van der Waals surface area contributed by atoms with Crippen molar-refractivity contribution >= 4 is 44.2 Å². The van der Waals surface area contributed by atoms with Crippen molar-refractivity contribution in [3.63, 3.8) is 0 Å². The second-order valence-electron chi connectivity index (χ2n) is 12.6. The molecule has 2 aromatic heterocycles. The van der Waals surface area contributed by atoms with Crippen molar-refractivity contribution in [3.05, 3.63) is 89.9 Å². The van der Waals surface area contributed by atoms with Crippen LogP contribution in [0.1, 0.15) is 35.2 Å². The van der Waals surface area contributed by atoms with Crippen LogP contribution in [0.2, 0.25) is 0 Å². The van der Waals surface area contributed by atoms with Gasteiger partial charge in [-0.2, -0.15) is 5.10 Å². The predicted octanol–water partition coefficient (Wildman–Crippen LogP) is 4.95. The van der Waals surface area contributed by atoms with Crippen LogP contribution in [-0.2, 0) is 26.2 Å². The molecule has 5 aromatic rings. The van der Waals surface area contributed by atoms with Crippen molar-refractivity contribution in [2.75, 3.05) is 26.0 Å². The number of benzene rings is 3. The van der Waals surface area contributed by atoms with Gasteiger partial charge in [0.1, 0.15) is 30.3 Å². The number of nitrogens with one attached hydrogen (secondary N) is 1. The van der Waals surface area contributed by atoms with Crippen molar-refractivity contribution in [2.24, 2.45) is 0 Å². The Kier molecular flexibility index (Phi) is 9.53. The molecule has 3 aromatic carbocycles. The van der Waals surface area contributed by atoms with Gasteiger partial charge in [-0.15, -0.1) is 0 Å². The molecular formula is C36H35F2N7O5S. The molecule has 1 aliphatic heterocycles. The molecule has 51 heavy (non-hydrogen) atoms. The number of Topliss-reactive ketones (excluding diaryl/α,β-unsaturated/α-hetero) is 1. The summed E-state index contributed by atoms with van der Waals surface area (Å²) in [6.07, 6.45) is 1.52. The molecule has 2 atom stereocenters. The minimum atomic E-state index is -3.81. The van der Waals surface area contributed by atoms with E-state index in [2.05, 4.69) is 20.4 Å². The summed E-state index contributed by atoms with van der Waals surface area (Å²) in [6, 6.07) is 12.7. The third-order valence-corrected chi connectivity index (χ3v) is 10.7. The van der Waals surface area contributed by atoms with Crippen molar-refractivity contribution in [2.45, 2.75) is 50.8 Å². The molecule has 6 rings (SSSR count). The third kappa shape index (κ3) is 6.86. The van der Waals surface area contributed by atoms with Crippen LogP contribution in [0.5, 0.6) is 0 Å². The molecule has 3 heterocycles. The third-order valence-electron chi connectivity index (χ3n) is 8.89. The number of nitrogens with zero attached hydrogens (tertiary/aromatic N) is 6. The minimum Gasteiger partial charge on any atom is -0.326 e. The number of fused-ring (bicyclic) bond motifs is 1. The molecule has 0 unspecified atom stereocenters. The number of ketones is 1. The van der Waals surface area contributed by atoms with Gasteiger partial charge in [-0.1, -0.05) is 24.3 Å². The first-order chi connectivity index (χ1) is 24.1. The lowest BCUT2D eigenvalue weighted by molar-refractivity contribution is -0.137. The number of aryl methyl sites for hydroxylation is 2. The van der Waals surface area contributed by atoms with E-state index in [1.807, 2.05) is 0 Å². The highest BCUT2D eigenvalue weighted by molar-refractivity contribution is 7.89. The van der Waals surface area contributed by atoms with Crippen molar-refractivity contribution < 1.29 is 31.6 Å². The molecule has 0 aliphatic carbocycles. The van der Waals surface area contributed by atoms with Gasteiger partial charge >= 0.3 is 0 Å². The summed E-state index contributed by atoms with van der Waals surface area (Å²) in [5.41, 5.74) is 2.83. The van der Waals surface area contributed by atoms with E-state index in [0.717, 1.165) is 20.3 Å². The predicted molar refractivity (Wildman–Crippen MR) is 187 cm³/mol. The maximum Gasteiger partial charge on any atom is 0.247 e.